The first kappa shape index (κ1) is 17.3. The van der Waals surface area contributed by atoms with Gasteiger partial charge >= 0.3 is 11.7 Å². The second-order valence-corrected chi connectivity index (χ2v) is 5.65. The predicted octanol–water partition coefficient (Wildman–Crippen LogP) is 0.307. The number of rotatable bonds is 5. The molecule has 0 spiro atoms. The van der Waals surface area contributed by atoms with E-state index in [0.717, 1.165) is 14.8 Å². The van der Waals surface area contributed by atoms with Gasteiger partial charge in [-0.15, -0.1) is 0 Å². The second kappa shape index (κ2) is 6.75. The van der Waals surface area contributed by atoms with Crippen LogP contribution in [0, 0.1) is 6.92 Å². The zero-order valence-electron chi connectivity index (χ0n) is 14.0. The maximum absolute atomic E-state index is 12.4. The van der Waals surface area contributed by atoms with Crippen LogP contribution in [0.15, 0.2) is 38.4 Å². The zero-order chi connectivity index (χ0) is 18.8. The third-order valence-corrected chi connectivity index (χ3v) is 3.69. The molecule has 2 aromatic heterocycles. The van der Waals surface area contributed by atoms with E-state index in [1.165, 1.54) is 7.05 Å². The lowest BCUT2D eigenvalue weighted by molar-refractivity contribution is -0.137. The van der Waals surface area contributed by atoms with E-state index in [9.17, 15) is 14.4 Å². The highest BCUT2D eigenvalue weighted by Gasteiger charge is 2.19. The van der Waals surface area contributed by atoms with Crippen LogP contribution in [0.3, 0.4) is 0 Å². The summed E-state index contributed by atoms with van der Waals surface area (Å²) in [7, 11) is 1.33. The summed E-state index contributed by atoms with van der Waals surface area (Å²) in [6.45, 7) is 1.91. The molecule has 0 bridgehead atoms. The summed E-state index contributed by atoms with van der Waals surface area (Å²) in [5.41, 5.74) is 0.0271. The number of carbonyl (C=O) groups is 1. The fraction of sp³-hybridized carbons (Fsp3) is 0.250. The van der Waals surface area contributed by atoms with Crippen molar-refractivity contribution in [2.45, 2.75) is 19.8 Å². The quantitative estimate of drug-likeness (QED) is 0.689. The van der Waals surface area contributed by atoms with Crippen molar-refractivity contribution in [2.24, 2.45) is 7.05 Å². The van der Waals surface area contributed by atoms with Gasteiger partial charge in [0.25, 0.3) is 5.56 Å². The number of aromatic nitrogens is 5. The van der Waals surface area contributed by atoms with Crippen molar-refractivity contribution < 1.29 is 14.4 Å². The van der Waals surface area contributed by atoms with Gasteiger partial charge in [0.2, 0.25) is 11.7 Å². The molecule has 0 aliphatic heterocycles. The molecule has 2 heterocycles. The van der Waals surface area contributed by atoms with Gasteiger partial charge < -0.3 is 9.63 Å². The molecule has 0 saturated heterocycles. The summed E-state index contributed by atoms with van der Waals surface area (Å²) in [6, 6.07) is 7.03. The number of carboxylic acid groups (broad SMARTS) is 1. The monoisotopic (exact) mass is 357 g/mol. The number of hydrogen-bond acceptors (Lipinski definition) is 7. The summed E-state index contributed by atoms with van der Waals surface area (Å²) in [4.78, 5) is 39.4. The van der Waals surface area contributed by atoms with E-state index in [1.807, 2.05) is 19.1 Å². The summed E-state index contributed by atoms with van der Waals surface area (Å²) in [6.07, 6.45) is -0.157. The number of carboxylic acids is 1. The van der Waals surface area contributed by atoms with Crippen LogP contribution >= 0.6 is 0 Å². The Hall–Kier alpha value is -3.56. The number of aliphatic carboxylic acids is 1. The molecule has 0 unspecified atom stereocenters. The molecule has 0 amide bonds. The Morgan fingerprint density at radius 2 is 1.92 bits per heavy atom. The first-order valence-electron chi connectivity index (χ1n) is 7.69. The molecule has 3 aromatic rings. The van der Waals surface area contributed by atoms with Crippen LogP contribution in [-0.4, -0.2) is 35.6 Å². The van der Waals surface area contributed by atoms with Crippen molar-refractivity contribution in [1.82, 2.24) is 24.5 Å². The highest BCUT2D eigenvalue weighted by molar-refractivity contribution is 5.66. The average Bonchev–Trinajstić information content (AvgIpc) is 3.08. The lowest BCUT2D eigenvalue weighted by Crippen LogP contribution is -2.40. The summed E-state index contributed by atoms with van der Waals surface area (Å²) < 4.78 is 6.93. The van der Waals surface area contributed by atoms with Crippen LogP contribution in [0.25, 0.3) is 17.2 Å². The van der Waals surface area contributed by atoms with Gasteiger partial charge in [-0.25, -0.2) is 4.79 Å². The van der Waals surface area contributed by atoms with Gasteiger partial charge in [-0.1, -0.05) is 22.9 Å². The fourth-order valence-corrected chi connectivity index (χ4v) is 2.23. The zero-order valence-corrected chi connectivity index (χ0v) is 14.0. The van der Waals surface area contributed by atoms with Crippen molar-refractivity contribution >= 4 is 5.97 Å². The number of hydrogen-bond donors (Lipinski definition) is 1. The van der Waals surface area contributed by atoms with Gasteiger partial charge in [-0.3, -0.25) is 14.2 Å². The topological polar surface area (TPSA) is 133 Å². The predicted molar refractivity (Wildman–Crippen MR) is 89.1 cm³/mol. The first-order valence-corrected chi connectivity index (χ1v) is 7.69. The van der Waals surface area contributed by atoms with E-state index in [0.29, 0.717) is 5.69 Å². The Morgan fingerprint density at radius 1 is 1.23 bits per heavy atom. The van der Waals surface area contributed by atoms with E-state index < -0.39 is 17.2 Å². The maximum Gasteiger partial charge on any atom is 0.351 e. The van der Waals surface area contributed by atoms with E-state index in [-0.39, 0.29) is 30.3 Å². The third kappa shape index (κ3) is 3.29. The van der Waals surface area contributed by atoms with Crippen LogP contribution < -0.4 is 11.2 Å². The van der Waals surface area contributed by atoms with Gasteiger partial charge in [-0.2, -0.15) is 14.8 Å². The highest BCUT2D eigenvalue weighted by Crippen LogP contribution is 2.11. The van der Waals surface area contributed by atoms with Gasteiger partial charge in [0.1, 0.15) is 0 Å². The van der Waals surface area contributed by atoms with Crippen LogP contribution in [0.2, 0.25) is 0 Å². The molecule has 10 heteroatoms. The Morgan fingerprint density at radius 3 is 2.58 bits per heavy atom. The second-order valence-electron chi connectivity index (χ2n) is 5.65. The molecule has 0 aliphatic carbocycles. The molecule has 0 fully saturated rings. The molecular formula is C16H15N5O5. The standard InChI is InChI=1S/C16H15N5O5/c1-9-3-5-10(6-4-9)21-16(25)20(2)15(24)13(18-21)14-17-11(26-19-14)7-8-12(22)23/h3-6H,7-8H2,1-2H3,(H,22,23). The number of nitrogens with zero attached hydrogens (tertiary/aromatic N) is 5. The molecule has 10 nitrogen and oxygen atoms in total. The normalized spacial score (nSPS) is 10.8. The minimum absolute atomic E-state index is 0.0280. The first-order chi connectivity index (χ1) is 12.4. The van der Waals surface area contributed by atoms with Gasteiger partial charge in [0.15, 0.2) is 5.69 Å². The average molecular weight is 357 g/mol. The largest absolute Gasteiger partial charge is 0.481 e. The van der Waals surface area contributed by atoms with Gasteiger partial charge in [-0.05, 0) is 19.1 Å². The summed E-state index contributed by atoms with van der Waals surface area (Å²) >= 11 is 0. The molecule has 0 radical (unpaired) electrons. The minimum Gasteiger partial charge on any atom is -0.481 e. The molecule has 3 rings (SSSR count). The molecule has 26 heavy (non-hydrogen) atoms. The number of benzene rings is 1. The van der Waals surface area contributed by atoms with Crippen molar-refractivity contribution in [1.29, 1.82) is 0 Å². The Kier molecular flexibility index (Phi) is 4.48. The van der Waals surface area contributed by atoms with Crippen LogP contribution in [-0.2, 0) is 18.3 Å². The van der Waals surface area contributed by atoms with Crippen molar-refractivity contribution in [3.8, 4) is 17.2 Å². The van der Waals surface area contributed by atoms with E-state index in [2.05, 4.69) is 15.2 Å². The van der Waals surface area contributed by atoms with Crippen LogP contribution in [0.4, 0.5) is 0 Å². The van der Waals surface area contributed by atoms with Crippen LogP contribution in [0.5, 0.6) is 0 Å². The van der Waals surface area contributed by atoms with Crippen LogP contribution in [0.1, 0.15) is 17.9 Å². The molecule has 0 aliphatic rings. The Bertz CT molecular complexity index is 1080. The Labute approximate surface area is 146 Å². The lowest BCUT2D eigenvalue weighted by atomic mass is 10.2. The van der Waals surface area contributed by atoms with E-state index >= 15 is 0 Å². The van der Waals surface area contributed by atoms with Crippen molar-refractivity contribution in [2.75, 3.05) is 0 Å². The molecule has 0 saturated carbocycles. The molecule has 1 N–H and O–H groups in total. The van der Waals surface area contributed by atoms with Gasteiger partial charge in [0.05, 0.1) is 12.1 Å². The van der Waals surface area contributed by atoms with E-state index in [1.54, 1.807) is 12.1 Å². The molecular weight excluding hydrogens is 342 g/mol. The number of aryl methyl sites for hydroxylation is 2. The SMILES string of the molecule is Cc1ccc(-n2nc(-c3noc(CCC(=O)O)n3)c(=O)n(C)c2=O)cc1. The minimum atomic E-state index is -1.01. The van der Waals surface area contributed by atoms with Crippen molar-refractivity contribution in [3.05, 3.63) is 56.6 Å². The van der Waals surface area contributed by atoms with E-state index in [4.69, 9.17) is 9.63 Å². The summed E-state index contributed by atoms with van der Waals surface area (Å²) in [5, 5.41) is 16.5. The molecule has 1 aromatic carbocycles. The molecule has 134 valence electrons. The summed E-state index contributed by atoms with van der Waals surface area (Å²) in [5.74, 6) is -1.04. The highest BCUT2D eigenvalue weighted by atomic mass is 16.5. The third-order valence-electron chi connectivity index (χ3n) is 3.69. The maximum atomic E-state index is 12.4. The Balaban J connectivity index is 2.08. The fourth-order valence-electron chi connectivity index (χ4n) is 2.23. The van der Waals surface area contributed by atoms with Crippen molar-refractivity contribution in [3.63, 3.8) is 0 Å². The van der Waals surface area contributed by atoms with Gasteiger partial charge in [0, 0.05) is 13.5 Å². The smallest absolute Gasteiger partial charge is 0.351 e. The molecule has 0 atom stereocenters. The lowest BCUT2D eigenvalue weighted by Gasteiger charge is -2.08.